The molecule has 0 saturated heterocycles. The summed E-state index contributed by atoms with van der Waals surface area (Å²) in [6.45, 7) is 2.61. The third-order valence-electron chi connectivity index (χ3n) is 3.74. The van der Waals surface area contributed by atoms with Gasteiger partial charge in [0.25, 0.3) is 0 Å². The summed E-state index contributed by atoms with van der Waals surface area (Å²) < 4.78 is 5.76. The highest BCUT2D eigenvalue weighted by Gasteiger charge is 2.05. The summed E-state index contributed by atoms with van der Waals surface area (Å²) >= 11 is 11.4. The molecule has 0 radical (unpaired) electrons. The minimum absolute atomic E-state index is 0.446. The maximum Gasteiger partial charge on any atom is 0.187 e. The molecule has 4 nitrogen and oxygen atoms in total. The lowest BCUT2D eigenvalue weighted by molar-refractivity contribution is 0.574. The second-order valence-electron chi connectivity index (χ2n) is 5.70. The zero-order valence-corrected chi connectivity index (χ0v) is 15.8. The van der Waals surface area contributed by atoms with E-state index in [4.69, 9.17) is 28.2 Å². The van der Waals surface area contributed by atoms with Crippen LogP contribution in [0.5, 0.6) is 0 Å². The number of hydrazone groups is 1. The third kappa shape index (κ3) is 4.94. The molecule has 0 spiro atoms. The molecule has 1 aromatic heterocycles. The first-order valence-electron chi connectivity index (χ1n) is 8.09. The Morgan fingerprint density at radius 2 is 1.96 bits per heavy atom. The number of nitrogens with zero attached hydrogens (tertiary/aromatic N) is 1. The zero-order valence-electron chi connectivity index (χ0n) is 14.2. The lowest BCUT2D eigenvalue weighted by Gasteiger charge is -2.06. The number of rotatable bonds is 5. The van der Waals surface area contributed by atoms with Crippen molar-refractivity contribution in [1.82, 2.24) is 10.7 Å². The Morgan fingerprint density at radius 1 is 1.15 bits per heavy atom. The standard InChI is InChI=1S/C20H18ClN3OS/c1-14-7-8-16(11-18(14)21)19-10-9-17(25-19)13-23-24-20(26)22-12-15-5-3-2-4-6-15/h2-11,13H,12H2,1H3,(H2,22,24,26). The van der Waals surface area contributed by atoms with Crippen molar-refractivity contribution in [2.45, 2.75) is 13.5 Å². The van der Waals surface area contributed by atoms with Gasteiger partial charge in [-0.05, 0) is 48.5 Å². The number of furan rings is 1. The van der Waals surface area contributed by atoms with E-state index in [1.165, 1.54) is 0 Å². The first kappa shape index (κ1) is 18.2. The van der Waals surface area contributed by atoms with E-state index in [1.54, 1.807) is 6.21 Å². The number of halogens is 1. The van der Waals surface area contributed by atoms with Crippen LogP contribution in [0.3, 0.4) is 0 Å². The van der Waals surface area contributed by atoms with Crippen LogP contribution in [-0.4, -0.2) is 11.3 Å². The van der Waals surface area contributed by atoms with Crippen molar-refractivity contribution in [2.75, 3.05) is 0 Å². The van der Waals surface area contributed by atoms with Gasteiger partial charge in [-0.15, -0.1) is 0 Å². The number of benzene rings is 2. The van der Waals surface area contributed by atoms with Gasteiger partial charge < -0.3 is 9.73 Å². The van der Waals surface area contributed by atoms with Gasteiger partial charge in [0, 0.05) is 17.1 Å². The predicted molar refractivity (Wildman–Crippen MR) is 111 cm³/mol. The molecular formula is C20H18ClN3OS. The van der Waals surface area contributed by atoms with E-state index in [-0.39, 0.29) is 0 Å². The molecule has 0 bridgehead atoms. The number of thiocarbonyl (C=S) groups is 1. The Hall–Kier alpha value is -2.63. The molecule has 2 N–H and O–H groups in total. The number of nitrogens with one attached hydrogen (secondary N) is 2. The largest absolute Gasteiger partial charge is 0.455 e. The lowest BCUT2D eigenvalue weighted by Crippen LogP contribution is -2.31. The zero-order chi connectivity index (χ0) is 18.4. The first-order chi connectivity index (χ1) is 12.6. The van der Waals surface area contributed by atoms with Gasteiger partial charge in [-0.1, -0.05) is 54.1 Å². The molecule has 0 aliphatic carbocycles. The molecule has 26 heavy (non-hydrogen) atoms. The second-order valence-corrected chi connectivity index (χ2v) is 6.52. The summed E-state index contributed by atoms with van der Waals surface area (Å²) in [5.41, 5.74) is 5.88. The molecule has 1 heterocycles. The van der Waals surface area contributed by atoms with Gasteiger partial charge in [-0.2, -0.15) is 5.10 Å². The highest BCUT2D eigenvalue weighted by molar-refractivity contribution is 7.80. The Bertz CT molecular complexity index is 922. The monoisotopic (exact) mass is 383 g/mol. The van der Waals surface area contributed by atoms with Gasteiger partial charge in [-0.25, -0.2) is 0 Å². The lowest BCUT2D eigenvalue weighted by atomic mass is 10.1. The molecule has 0 aliphatic heterocycles. The van der Waals surface area contributed by atoms with Gasteiger partial charge in [0.1, 0.15) is 11.5 Å². The Balaban J connectivity index is 1.53. The van der Waals surface area contributed by atoms with Gasteiger partial charge in [0.15, 0.2) is 5.11 Å². The quantitative estimate of drug-likeness (QED) is 0.373. The van der Waals surface area contributed by atoms with Crippen molar-refractivity contribution >= 4 is 35.1 Å². The van der Waals surface area contributed by atoms with Crippen LogP contribution in [0.4, 0.5) is 0 Å². The smallest absolute Gasteiger partial charge is 0.187 e. The molecule has 0 atom stereocenters. The van der Waals surface area contributed by atoms with Crippen LogP contribution >= 0.6 is 23.8 Å². The van der Waals surface area contributed by atoms with Crippen LogP contribution in [0.2, 0.25) is 5.02 Å². The molecule has 0 aliphatic rings. The van der Waals surface area contributed by atoms with Gasteiger partial charge in [0.05, 0.1) is 6.21 Å². The molecule has 0 amide bonds. The number of hydrogen-bond acceptors (Lipinski definition) is 3. The number of aryl methyl sites for hydroxylation is 1. The van der Waals surface area contributed by atoms with Crippen molar-refractivity contribution < 1.29 is 4.42 Å². The maximum atomic E-state index is 6.16. The topological polar surface area (TPSA) is 49.6 Å². The van der Waals surface area contributed by atoms with Crippen LogP contribution in [0.1, 0.15) is 16.9 Å². The fraction of sp³-hybridized carbons (Fsp3) is 0.100. The van der Waals surface area contributed by atoms with Gasteiger partial charge in [-0.3, -0.25) is 5.43 Å². The van der Waals surface area contributed by atoms with Crippen LogP contribution in [0, 0.1) is 6.92 Å². The van der Waals surface area contributed by atoms with E-state index in [1.807, 2.05) is 67.6 Å². The fourth-order valence-corrected chi connectivity index (χ4v) is 2.60. The Morgan fingerprint density at radius 3 is 2.73 bits per heavy atom. The van der Waals surface area contributed by atoms with Crippen molar-refractivity contribution in [1.29, 1.82) is 0 Å². The summed E-state index contributed by atoms with van der Waals surface area (Å²) in [5.74, 6) is 1.35. The molecule has 0 saturated carbocycles. The second kappa shape index (κ2) is 8.65. The minimum atomic E-state index is 0.446. The van der Waals surface area contributed by atoms with Crippen LogP contribution in [0.15, 0.2) is 70.2 Å². The van der Waals surface area contributed by atoms with E-state index in [0.717, 1.165) is 22.5 Å². The molecule has 2 aromatic carbocycles. The molecule has 3 rings (SSSR count). The molecule has 0 fully saturated rings. The van der Waals surface area contributed by atoms with E-state index in [0.29, 0.717) is 22.4 Å². The third-order valence-corrected chi connectivity index (χ3v) is 4.38. The molecule has 132 valence electrons. The highest BCUT2D eigenvalue weighted by atomic mass is 35.5. The van der Waals surface area contributed by atoms with Crippen LogP contribution < -0.4 is 10.7 Å². The molecule has 0 unspecified atom stereocenters. The Kier molecular flexibility index (Phi) is 6.04. The normalized spacial score (nSPS) is 10.8. The fourth-order valence-electron chi connectivity index (χ4n) is 2.30. The minimum Gasteiger partial charge on any atom is -0.455 e. The van der Waals surface area contributed by atoms with E-state index < -0.39 is 0 Å². The van der Waals surface area contributed by atoms with E-state index in [9.17, 15) is 0 Å². The molecule has 3 aromatic rings. The SMILES string of the molecule is Cc1ccc(-c2ccc(C=NNC(=S)NCc3ccccc3)o2)cc1Cl. The van der Waals surface area contributed by atoms with Crippen molar-refractivity contribution in [3.05, 3.63) is 82.6 Å². The Labute approximate surface area is 162 Å². The summed E-state index contributed by atoms with van der Waals surface area (Å²) in [6.07, 6.45) is 1.58. The molecule has 6 heteroatoms. The van der Waals surface area contributed by atoms with Crippen molar-refractivity contribution in [2.24, 2.45) is 5.10 Å². The van der Waals surface area contributed by atoms with Gasteiger partial charge in [0.2, 0.25) is 0 Å². The van der Waals surface area contributed by atoms with E-state index in [2.05, 4.69) is 15.8 Å². The summed E-state index contributed by atoms with van der Waals surface area (Å²) in [4.78, 5) is 0. The first-order valence-corrected chi connectivity index (χ1v) is 8.87. The number of hydrogen-bond donors (Lipinski definition) is 2. The van der Waals surface area contributed by atoms with Crippen molar-refractivity contribution in [3.8, 4) is 11.3 Å². The predicted octanol–water partition coefficient (Wildman–Crippen LogP) is 4.91. The summed E-state index contributed by atoms with van der Waals surface area (Å²) in [7, 11) is 0. The van der Waals surface area contributed by atoms with E-state index >= 15 is 0 Å². The summed E-state index contributed by atoms with van der Waals surface area (Å²) in [5, 5.41) is 8.34. The maximum absolute atomic E-state index is 6.16. The summed E-state index contributed by atoms with van der Waals surface area (Å²) in [6, 6.07) is 19.6. The molecular weight excluding hydrogens is 366 g/mol. The van der Waals surface area contributed by atoms with Gasteiger partial charge >= 0.3 is 0 Å². The van der Waals surface area contributed by atoms with Crippen molar-refractivity contribution in [3.63, 3.8) is 0 Å². The van der Waals surface area contributed by atoms with Crippen LogP contribution in [0.25, 0.3) is 11.3 Å². The highest BCUT2D eigenvalue weighted by Crippen LogP contribution is 2.26. The average molecular weight is 384 g/mol. The average Bonchev–Trinajstić information content (AvgIpc) is 3.12. The van der Waals surface area contributed by atoms with Crippen LogP contribution in [-0.2, 0) is 6.54 Å².